The zero-order valence-electron chi connectivity index (χ0n) is 17.8. The lowest BCUT2D eigenvalue weighted by atomic mass is 10.0. The molecule has 2 unspecified atom stereocenters. The number of hydrogen-bond donors (Lipinski definition) is 2. The molecule has 0 amide bonds. The smallest absolute Gasteiger partial charge is 0.203 e. The number of rotatable bonds is 6. The number of aryl methyl sites for hydroxylation is 2. The maximum Gasteiger partial charge on any atom is 0.203 e. The number of para-hydroxylation sites is 2. The highest BCUT2D eigenvalue weighted by Crippen LogP contribution is 2.26. The average molecular weight is 400 g/mol. The summed E-state index contributed by atoms with van der Waals surface area (Å²) in [5.74, 6) is 0. The minimum Gasteiger partial charge on any atom is -0.394 e. The van der Waals surface area contributed by atoms with E-state index in [1.807, 2.05) is 22.8 Å². The molecule has 0 aliphatic rings. The van der Waals surface area contributed by atoms with Crippen molar-refractivity contribution in [2.24, 2.45) is 0 Å². The third-order valence-electron chi connectivity index (χ3n) is 5.97. The van der Waals surface area contributed by atoms with Gasteiger partial charge in [-0.1, -0.05) is 71.8 Å². The van der Waals surface area contributed by atoms with Crippen LogP contribution in [0.5, 0.6) is 0 Å². The molecule has 2 N–H and O–H groups in total. The number of aliphatic hydroxyl groups is 1. The summed E-state index contributed by atoms with van der Waals surface area (Å²) in [4.78, 5) is 0. The predicted molar refractivity (Wildman–Crippen MR) is 122 cm³/mol. The van der Waals surface area contributed by atoms with Gasteiger partial charge in [0, 0.05) is 0 Å². The van der Waals surface area contributed by atoms with Crippen molar-refractivity contribution in [3.05, 3.63) is 101 Å². The van der Waals surface area contributed by atoms with Crippen molar-refractivity contribution in [3.63, 3.8) is 0 Å². The minimum atomic E-state index is -0.198. The maximum absolute atomic E-state index is 10.3. The van der Waals surface area contributed by atoms with E-state index in [1.54, 1.807) is 0 Å². The lowest BCUT2D eigenvalue weighted by Crippen LogP contribution is -2.32. The molecule has 0 fully saturated rings. The van der Waals surface area contributed by atoms with Crippen LogP contribution in [0.25, 0.3) is 11.0 Å². The Balaban J connectivity index is 1.82. The minimum absolute atomic E-state index is 0.0165. The second-order valence-corrected chi connectivity index (χ2v) is 8.17. The molecule has 3 aromatic carbocycles. The fourth-order valence-corrected chi connectivity index (χ4v) is 4.21. The van der Waals surface area contributed by atoms with Gasteiger partial charge in [-0.05, 0) is 50.5 Å². The Morgan fingerprint density at radius 3 is 1.90 bits per heavy atom. The third-order valence-corrected chi connectivity index (χ3v) is 5.97. The van der Waals surface area contributed by atoms with Crippen LogP contribution in [0.15, 0.2) is 72.8 Å². The van der Waals surface area contributed by atoms with E-state index in [0.29, 0.717) is 12.0 Å². The summed E-state index contributed by atoms with van der Waals surface area (Å²) >= 11 is 0. The Kier molecular flexibility index (Phi) is 5.60. The number of nitrogens with zero attached hydrogens (tertiary/aromatic N) is 2. The molecule has 1 heterocycles. The quantitative estimate of drug-likeness (QED) is 0.475. The summed E-state index contributed by atoms with van der Waals surface area (Å²) in [7, 11) is 0. The number of aliphatic hydroxyl groups excluding tert-OH is 1. The van der Waals surface area contributed by atoms with Gasteiger partial charge in [0.1, 0.15) is 0 Å². The van der Waals surface area contributed by atoms with E-state index in [1.165, 1.54) is 16.7 Å². The first-order valence-electron chi connectivity index (χ1n) is 10.5. The number of imidazole rings is 1. The third kappa shape index (κ3) is 3.71. The zero-order valence-corrected chi connectivity index (χ0v) is 17.8. The molecule has 4 rings (SSSR count). The highest BCUT2D eigenvalue weighted by molar-refractivity contribution is 5.76. The van der Waals surface area contributed by atoms with Crippen molar-refractivity contribution < 1.29 is 5.11 Å². The van der Waals surface area contributed by atoms with Gasteiger partial charge in [-0.2, -0.15) is 0 Å². The highest BCUT2D eigenvalue weighted by atomic mass is 16.3. The molecule has 154 valence electrons. The van der Waals surface area contributed by atoms with Gasteiger partial charge in [0.2, 0.25) is 5.62 Å². The van der Waals surface area contributed by atoms with Crippen LogP contribution < -0.4 is 5.62 Å². The largest absolute Gasteiger partial charge is 0.394 e. The Hall–Kier alpha value is -3.11. The van der Waals surface area contributed by atoms with Gasteiger partial charge in [0.05, 0.1) is 29.7 Å². The first-order valence-corrected chi connectivity index (χ1v) is 10.5. The molecule has 2 atom stereocenters. The Bertz CT molecular complexity index is 1200. The molecular weight excluding hydrogens is 370 g/mol. The summed E-state index contributed by atoms with van der Waals surface area (Å²) < 4.78 is 4.05. The van der Waals surface area contributed by atoms with Crippen molar-refractivity contribution in [2.45, 2.75) is 39.3 Å². The first kappa shape index (κ1) is 20.2. The molecule has 4 nitrogen and oxygen atoms in total. The van der Waals surface area contributed by atoms with E-state index in [2.05, 4.69) is 79.9 Å². The molecule has 4 aromatic rings. The van der Waals surface area contributed by atoms with E-state index in [0.717, 1.165) is 16.6 Å². The van der Waals surface area contributed by atoms with E-state index in [9.17, 15) is 5.11 Å². The standard InChI is InChI=1S/C26H29N3O/c1-18-8-12-21(13-9-18)16-23(17-30)29-25-7-5-4-6-24(25)28(26(29)27)20(3)22-14-10-19(2)11-15-22/h4-15,20,23,27,30H,16-17H2,1-3H3. The Labute approximate surface area is 177 Å². The number of benzene rings is 3. The van der Waals surface area contributed by atoms with Crippen LogP contribution in [0.1, 0.15) is 41.3 Å². The number of aromatic nitrogens is 2. The molecule has 1 aromatic heterocycles. The Morgan fingerprint density at radius 2 is 1.33 bits per heavy atom. The number of nitrogens with one attached hydrogen (secondary N) is 1. The molecule has 0 radical (unpaired) electrons. The summed E-state index contributed by atoms with van der Waals surface area (Å²) in [5, 5.41) is 19.3. The van der Waals surface area contributed by atoms with Crippen LogP contribution in [0.4, 0.5) is 0 Å². The number of hydrogen-bond acceptors (Lipinski definition) is 2. The van der Waals surface area contributed by atoms with Crippen molar-refractivity contribution >= 4 is 11.0 Å². The van der Waals surface area contributed by atoms with E-state index in [4.69, 9.17) is 5.41 Å². The molecule has 0 saturated carbocycles. The monoisotopic (exact) mass is 399 g/mol. The van der Waals surface area contributed by atoms with Crippen molar-refractivity contribution in [2.75, 3.05) is 6.61 Å². The van der Waals surface area contributed by atoms with Crippen LogP contribution in [0.2, 0.25) is 0 Å². The molecule has 30 heavy (non-hydrogen) atoms. The second kappa shape index (κ2) is 8.33. The van der Waals surface area contributed by atoms with Crippen LogP contribution in [0, 0.1) is 19.3 Å². The molecule has 4 heteroatoms. The van der Waals surface area contributed by atoms with Gasteiger partial charge in [-0.25, -0.2) is 0 Å². The normalized spacial score (nSPS) is 13.5. The lowest BCUT2D eigenvalue weighted by molar-refractivity contribution is 0.225. The Morgan fingerprint density at radius 1 is 0.800 bits per heavy atom. The molecule has 0 aliphatic heterocycles. The molecule has 0 bridgehead atoms. The van der Waals surface area contributed by atoms with Gasteiger partial charge in [0.15, 0.2) is 0 Å². The fourth-order valence-electron chi connectivity index (χ4n) is 4.21. The van der Waals surface area contributed by atoms with E-state index >= 15 is 0 Å². The van der Waals surface area contributed by atoms with Gasteiger partial charge in [0.25, 0.3) is 0 Å². The van der Waals surface area contributed by atoms with Gasteiger partial charge < -0.3 is 14.2 Å². The zero-order chi connectivity index (χ0) is 21.3. The topological polar surface area (TPSA) is 53.9 Å². The summed E-state index contributed by atoms with van der Waals surface area (Å²) in [5.41, 5.74) is 7.18. The van der Waals surface area contributed by atoms with E-state index < -0.39 is 0 Å². The van der Waals surface area contributed by atoms with E-state index in [-0.39, 0.29) is 18.7 Å². The van der Waals surface area contributed by atoms with Crippen LogP contribution in [0.3, 0.4) is 0 Å². The van der Waals surface area contributed by atoms with Gasteiger partial charge in [-0.3, -0.25) is 5.41 Å². The summed E-state index contributed by atoms with van der Waals surface area (Å²) in [6.45, 7) is 6.27. The van der Waals surface area contributed by atoms with Crippen molar-refractivity contribution in [3.8, 4) is 0 Å². The molecule has 0 spiro atoms. The second-order valence-electron chi connectivity index (χ2n) is 8.17. The molecular formula is C26H29N3O. The van der Waals surface area contributed by atoms with Gasteiger partial charge >= 0.3 is 0 Å². The first-order chi connectivity index (χ1) is 14.5. The molecule has 0 saturated heterocycles. The number of fused-ring (bicyclic) bond motifs is 1. The summed E-state index contributed by atoms with van der Waals surface area (Å²) in [6.07, 6.45) is 0.681. The maximum atomic E-state index is 10.3. The van der Waals surface area contributed by atoms with Crippen molar-refractivity contribution in [1.29, 1.82) is 5.41 Å². The predicted octanol–water partition coefficient (Wildman–Crippen LogP) is 4.92. The van der Waals surface area contributed by atoms with Gasteiger partial charge in [-0.15, -0.1) is 0 Å². The van der Waals surface area contributed by atoms with Crippen LogP contribution >= 0.6 is 0 Å². The lowest BCUT2D eigenvalue weighted by Gasteiger charge is -2.19. The average Bonchev–Trinajstić information content (AvgIpc) is 3.05. The van der Waals surface area contributed by atoms with Crippen molar-refractivity contribution in [1.82, 2.24) is 9.13 Å². The summed E-state index contributed by atoms with van der Waals surface area (Å²) in [6, 6.07) is 24.8. The highest BCUT2D eigenvalue weighted by Gasteiger charge is 2.21. The van der Waals surface area contributed by atoms with Crippen LogP contribution in [-0.4, -0.2) is 20.8 Å². The SMILES string of the molecule is Cc1ccc(CC(CO)n2c(=N)n(C(C)c3ccc(C)cc3)c3ccccc32)cc1. The van der Waals surface area contributed by atoms with Crippen LogP contribution in [-0.2, 0) is 6.42 Å². The molecule has 0 aliphatic carbocycles. The fraction of sp³-hybridized carbons (Fsp3) is 0.269.